The highest BCUT2D eigenvalue weighted by molar-refractivity contribution is 5.85. The number of hydrogen-bond acceptors (Lipinski definition) is 4. The van der Waals surface area contributed by atoms with Gasteiger partial charge in [0.15, 0.2) is 5.75 Å². The van der Waals surface area contributed by atoms with Crippen LogP contribution in [-0.2, 0) is 0 Å². The molecule has 16 heavy (non-hydrogen) atoms. The molecule has 5 nitrogen and oxygen atoms in total. The fourth-order valence-corrected chi connectivity index (χ4v) is 1.26. The zero-order chi connectivity index (χ0) is 10.9. The average molecular weight is 245 g/mol. The van der Waals surface area contributed by atoms with E-state index < -0.39 is 4.92 Å². The molecule has 1 aliphatic rings. The molecule has 0 saturated heterocycles. The predicted octanol–water partition coefficient (Wildman–Crippen LogP) is 1.89. The molecule has 2 rings (SSSR count). The van der Waals surface area contributed by atoms with Gasteiger partial charge in [0.2, 0.25) is 0 Å². The van der Waals surface area contributed by atoms with Gasteiger partial charge in [0.05, 0.1) is 10.5 Å². The van der Waals surface area contributed by atoms with E-state index in [0.717, 1.165) is 12.8 Å². The van der Waals surface area contributed by atoms with E-state index in [9.17, 15) is 10.1 Å². The van der Waals surface area contributed by atoms with Crippen LogP contribution in [0.4, 0.5) is 5.69 Å². The van der Waals surface area contributed by atoms with Crippen molar-refractivity contribution in [3.8, 4) is 5.75 Å². The van der Waals surface area contributed by atoms with Crippen molar-refractivity contribution in [2.75, 3.05) is 6.61 Å². The maximum absolute atomic E-state index is 10.7. The first-order chi connectivity index (χ1) is 7.11. The van der Waals surface area contributed by atoms with Crippen LogP contribution >= 0.6 is 12.4 Å². The Hall–Kier alpha value is -1.33. The van der Waals surface area contributed by atoms with E-state index in [-0.39, 0.29) is 23.6 Å². The Balaban J connectivity index is 0.00000128. The van der Waals surface area contributed by atoms with Crippen LogP contribution in [-0.4, -0.2) is 17.1 Å². The van der Waals surface area contributed by atoms with Gasteiger partial charge >= 0.3 is 5.69 Å². The molecule has 0 bridgehead atoms. The molecule has 0 amide bonds. The molecular formula is C10H13ClN2O3. The van der Waals surface area contributed by atoms with Gasteiger partial charge in [-0.15, -0.1) is 12.4 Å². The summed E-state index contributed by atoms with van der Waals surface area (Å²) in [6.07, 6.45) is 1.85. The van der Waals surface area contributed by atoms with E-state index in [4.69, 9.17) is 10.5 Å². The Morgan fingerprint density at radius 2 is 2.06 bits per heavy atom. The highest BCUT2D eigenvalue weighted by atomic mass is 35.5. The summed E-state index contributed by atoms with van der Waals surface area (Å²) in [7, 11) is 0. The third kappa shape index (κ3) is 2.84. The highest BCUT2D eigenvalue weighted by Crippen LogP contribution is 2.34. The molecule has 0 spiro atoms. The number of halogens is 1. The quantitative estimate of drug-likeness (QED) is 0.648. The molecule has 88 valence electrons. The van der Waals surface area contributed by atoms with Crippen LogP contribution in [0.1, 0.15) is 12.8 Å². The summed E-state index contributed by atoms with van der Waals surface area (Å²) >= 11 is 0. The summed E-state index contributed by atoms with van der Waals surface area (Å²) in [5.41, 5.74) is 5.55. The second-order valence-electron chi connectivity index (χ2n) is 3.88. The lowest BCUT2D eigenvalue weighted by Gasteiger charge is -2.10. The van der Waals surface area contributed by atoms with E-state index in [0.29, 0.717) is 12.4 Å². The molecule has 0 aromatic heterocycles. The topological polar surface area (TPSA) is 78.4 Å². The number of hydrogen-bond donors (Lipinski definition) is 1. The van der Waals surface area contributed by atoms with Crippen LogP contribution in [0, 0.1) is 10.1 Å². The molecule has 0 heterocycles. The monoisotopic (exact) mass is 244 g/mol. The van der Waals surface area contributed by atoms with Crippen LogP contribution in [0.15, 0.2) is 24.3 Å². The smallest absolute Gasteiger partial charge is 0.310 e. The first kappa shape index (κ1) is 12.7. The lowest BCUT2D eigenvalue weighted by Crippen LogP contribution is -2.29. The van der Waals surface area contributed by atoms with Gasteiger partial charge in [-0.2, -0.15) is 0 Å². The first-order valence-electron chi connectivity index (χ1n) is 4.76. The van der Waals surface area contributed by atoms with Crippen molar-refractivity contribution in [3.63, 3.8) is 0 Å². The van der Waals surface area contributed by atoms with Crippen molar-refractivity contribution in [3.05, 3.63) is 34.4 Å². The first-order valence-corrected chi connectivity index (χ1v) is 4.76. The number of nitro groups is 1. The largest absolute Gasteiger partial charge is 0.485 e. The van der Waals surface area contributed by atoms with E-state index in [1.165, 1.54) is 6.07 Å². The van der Waals surface area contributed by atoms with Gasteiger partial charge < -0.3 is 10.5 Å². The second kappa shape index (κ2) is 4.67. The summed E-state index contributed by atoms with van der Waals surface area (Å²) in [6, 6.07) is 6.33. The van der Waals surface area contributed by atoms with Crippen LogP contribution in [0.3, 0.4) is 0 Å². The Kier molecular flexibility index (Phi) is 3.72. The molecule has 2 N–H and O–H groups in total. The Labute approximate surface area is 99.1 Å². The number of ether oxygens (including phenoxy) is 1. The second-order valence-corrected chi connectivity index (χ2v) is 3.88. The van der Waals surface area contributed by atoms with E-state index in [1.807, 2.05) is 0 Å². The van der Waals surface area contributed by atoms with Crippen molar-refractivity contribution >= 4 is 18.1 Å². The molecule has 1 fully saturated rings. The van der Waals surface area contributed by atoms with Crippen LogP contribution in [0.5, 0.6) is 5.75 Å². The van der Waals surface area contributed by atoms with Gasteiger partial charge in [0.1, 0.15) is 6.61 Å². The normalized spacial score (nSPS) is 16.1. The molecule has 0 atom stereocenters. The van der Waals surface area contributed by atoms with Gasteiger partial charge in [-0.25, -0.2) is 0 Å². The van der Waals surface area contributed by atoms with Crippen LogP contribution < -0.4 is 10.5 Å². The maximum atomic E-state index is 10.7. The molecule has 1 aliphatic carbocycles. The number of benzene rings is 1. The maximum Gasteiger partial charge on any atom is 0.310 e. The standard InChI is InChI=1S/C10H12N2O3.ClH/c11-10(5-6-10)7-15-9-4-2-1-3-8(9)12(13)14;/h1-4H,5-7,11H2;1H. The fourth-order valence-electron chi connectivity index (χ4n) is 1.26. The third-order valence-electron chi connectivity index (χ3n) is 2.47. The lowest BCUT2D eigenvalue weighted by atomic mass is 10.3. The highest BCUT2D eigenvalue weighted by Gasteiger charge is 2.39. The zero-order valence-corrected chi connectivity index (χ0v) is 9.40. The Bertz CT molecular complexity index is 393. The van der Waals surface area contributed by atoms with E-state index in [1.54, 1.807) is 18.2 Å². The summed E-state index contributed by atoms with van der Waals surface area (Å²) in [4.78, 5) is 10.2. The summed E-state index contributed by atoms with van der Waals surface area (Å²) in [6.45, 7) is 0.345. The van der Waals surface area contributed by atoms with Gasteiger partial charge in [-0.05, 0) is 18.9 Å². The molecule has 1 aromatic rings. The minimum atomic E-state index is -0.453. The summed E-state index contributed by atoms with van der Waals surface area (Å²) in [5, 5.41) is 10.7. The Morgan fingerprint density at radius 3 is 2.62 bits per heavy atom. The van der Waals surface area contributed by atoms with Gasteiger partial charge in [-0.3, -0.25) is 10.1 Å². The number of nitrogens with two attached hydrogens (primary N) is 1. The van der Waals surface area contributed by atoms with Crippen molar-refractivity contribution in [1.29, 1.82) is 0 Å². The molecule has 0 aliphatic heterocycles. The third-order valence-corrected chi connectivity index (χ3v) is 2.47. The van der Waals surface area contributed by atoms with Crippen molar-refractivity contribution in [2.24, 2.45) is 5.73 Å². The number of para-hydroxylation sites is 2. The molecule has 6 heteroatoms. The van der Waals surface area contributed by atoms with Crippen molar-refractivity contribution < 1.29 is 9.66 Å². The van der Waals surface area contributed by atoms with Gasteiger partial charge in [-0.1, -0.05) is 12.1 Å². The van der Waals surface area contributed by atoms with Gasteiger partial charge in [0.25, 0.3) is 0 Å². The summed E-state index contributed by atoms with van der Waals surface area (Å²) in [5.74, 6) is 0.291. The number of rotatable bonds is 4. The lowest BCUT2D eigenvalue weighted by molar-refractivity contribution is -0.385. The number of nitro benzene ring substituents is 1. The molecule has 0 radical (unpaired) electrons. The van der Waals surface area contributed by atoms with Crippen LogP contribution in [0.2, 0.25) is 0 Å². The summed E-state index contributed by atoms with van der Waals surface area (Å²) < 4.78 is 5.36. The predicted molar refractivity (Wildman–Crippen MR) is 62.0 cm³/mol. The molecular weight excluding hydrogens is 232 g/mol. The van der Waals surface area contributed by atoms with Crippen LogP contribution in [0.25, 0.3) is 0 Å². The SMILES string of the molecule is Cl.NC1(COc2ccccc2[N+](=O)[O-])CC1. The minimum Gasteiger partial charge on any atom is -0.485 e. The molecule has 1 saturated carbocycles. The van der Waals surface area contributed by atoms with Crippen molar-refractivity contribution in [1.82, 2.24) is 0 Å². The van der Waals surface area contributed by atoms with Gasteiger partial charge in [0, 0.05) is 6.07 Å². The van der Waals surface area contributed by atoms with E-state index in [2.05, 4.69) is 0 Å². The fraction of sp³-hybridized carbons (Fsp3) is 0.400. The zero-order valence-electron chi connectivity index (χ0n) is 8.59. The Morgan fingerprint density at radius 1 is 1.44 bits per heavy atom. The van der Waals surface area contributed by atoms with E-state index >= 15 is 0 Å². The average Bonchev–Trinajstić information content (AvgIpc) is 2.95. The minimum absolute atomic E-state index is 0. The molecule has 1 aromatic carbocycles. The number of nitrogens with zero attached hydrogens (tertiary/aromatic N) is 1. The van der Waals surface area contributed by atoms with Crippen molar-refractivity contribution in [2.45, 2.75) is 18.4 Å². The molecule has 0 unspecified atom stereocenters.